The van der Waals surface area contributed by atoms with Gasteiger partial charge in [-0.2, -0.15) is 0 Å². The van der Waals surface area contributed by atoms with Crippen molar-refractivity contribution in [3.63, 3.8) is 0 Å². The molecule has 1 amide bonds. The number of piperidine rings is 1. The Hall–Kier alpha value is -3.32. The monoisotopic (exact) mass is 469 g/mol. The van der Waals surface area contributed by atoms with Gasteiger partial charge in [-0.25, -0.2) is 4.79 Å². The van der Waals surface area contributed by atoms with Gasteiger partial charge in [-0.1, -0.05) is 29.8 Å². The summed E-state index contributed by atoms with van der Waals surface area (Å²) in [5.74, 6) is -0.712. The van der Waals surface area contributed by atoms with Gasteiger partial charge in [0.1, 0.15) is 11.3 Å². The predicted molar refractivity (Wildman–Crippen MR) is 125 cm³/mol. The molecular formula is C25H24ClNO6. The van der Waals surface area contributed by atoms with Crippen molar-refractivity contribution in [3.8, 4) is 16.9 Å². The zero-order chi connectivity index (χ0) is 23.5. The number of aliphatic carboxylic acids is 1. The van der Waals surface area contributed by atoms with Crippen molar-refractivity contribution < 1.29 is 23.8 Å². The average molecular weight is 470 g/mol. The first-order valence-electron chi connectivity index (χ1n) is 10.8. The summed E-state index contributed by atoms with van der Waals surface area (Å²) >= 11 is 6.33. The highest BCUT2D eigenvalue weighted by Crippen LogP contribution is 2.34. The third-order valence-electron chi connectivity index (χ3n) is 5.83. The molecule has 2 atom stereocenters. The molecule has 1 aromatic heterocycles. The van der Waals surface area contributed by atoms with Gasteiger partial charge in [0.2, 0.25) is 0 Å². The normalized spacial score (nSPS) is 17.0. The fourth-order valence-electron chi connectivity index (χ4n) is 4.31. The molecule has 0 bridgehead atoms. The number of halogens is 1. The van der Waals surface area contributed by atoms with Crippen LogP contribution in [0.3, 0.4) is 0 Å². The van der Waals surface area contributed by atoms with E-state index >= 15 is 0 Å². The molecule has 1 N–H and O–H groups in total. The van der Waals surface area contributed by atoms with Gasteiger partial charge in [-0.3, -0.25) is 9.59 Å². The van der Waals surface area contributed by atoms with Crippen LogP contribution in [0.25, 0.3) is 22.1 Å². The third-order valence-corrected chi connectivity index (χ3v) is 6.16. The molecule has 1 saturated heterocycles. The molecule has 3 aromatic rings. The number of fused-ring (bicyclic) bond motifs is 1. The molecule has 172 valence electrons. The fourth-order valence-corrected chi connectivity index (χ4v) is 4.55. The van der Waals surface area contributed by atoms with Crippen LogP contribution in [-0.4, -0.2) is 41.1 Å². The molecular weight excluding hydrogens is 446 g/mol. The number of ether oxygens (including phenoxy) is 1. The van der Waals surface area contributed by atoms with E-state index < -0.39 is 17.7 Å². The summed E-state index contributed by atoms with van der Waals surface area (Å²) in [4.78, 5) is 37.8. The Morgan fingerprint density at radius 2 is 2.00 bits per heavy atom. The van der Waals surface area contributed by atoms with Gasteiger partial charge in [-0.05, 0) is 43.9 Å². The Bertz CT molecular complexity index is 1250. The molecule has 0 radical (unpaired) electrons. The summed E-state index contributed by atoms with van der Waals surface area (Å²) in [7, 11) is 0. The van der Waals surface area contributed by atoms with E-state index in [0.29, 0.717) is 40.4 Å². The number of nitrogens with zero attached hydrogens (tertiary/aromatic N) is 1. The molecule has 0 spiro atoms. The van der Waals surface area contributed by atoms with E-state index in [1.54, 1.807) is 36.1 Å². The van der Waals surface area contributed by atoms with Crippen molar-refractivity contribution in [1.29, 1.82) is 0 Å². The molecule has 1 aliphatic rings. The SMILES string of the molecule is CC(Oc1ccc2c(-c3ccccc3Cl)cc(=O)oc2c1)C(=O)N1CCC[C@@H](CC(=O)O)C1. The van der Waals surface area contributed by atoms with Gasteiger partial charge in [0.15, 0.2) is 6.10 Å². The topological polar surface area (TPSA) is 97.0 Å². The van der Waals surface area contributed by atoms with Gasteiger partial charge >= 0.3 is 11.6 Å². The molecule has 1 fully saturated rings. The molecule has 4 rings (SSSR count). The van der Waals surface area contributed by atoms with E-state index in [-0.39, 0.29) is 18.2 Å². The Balaban J connectivity index is 1.54. The van der Waals surface area contributed by atoms with Gasteiger partial charge in [0, 0.05) is 53.2 Å². The van der Waals surface area contributed by atoms with E-state index in [0.717, 1.165) is 18.4 Å². The number of amides is 1. The number of rotatable bonds is 6. The largest absolute Gasteiger partial charge is 0.481 e. The van der Waals surface area contributed by atoms with Crippen molar-refractivity contribution in [1.82, 2.24) is 4.90 Å². The van der Waals surface area contributed by atoms with Crippen LogP contribution < -0.4 is 10.4 Å². The van der Waals surface area contributed by atoms with Crippen molar-refractivity contribution >= 4 is 34.4 Å². The quantitative estimate of drug-likeness (QED) is 0.530. The van der Waals surface area contributed by atoms with Crippen molar-refractivity contribution in [2.24, 2.45) is 5.92 Å². The molecule has 7 nitrogen and oxygen atoms in total. The van der Waals surface area contributed by atoms with Crippen LogP contribution in [0.4, 0.5) is 0 Å². The fraction of sp³-hybridized carbons (Fsp3) is 0.320. The Kier molecular flexibility index (Phi) is 6.70. The van der Waals surface area contributed by atoms with Crippen LogP contribution in [0.15, 0.2) is 57.7 Å². The first kappa shape index (κ1) is 22.9. The summed E-state index contributed by atoms with van der Waals surface area (Å²) in [5.41, 5.74) is 1.18. The highest BCUT2D eigenvalue weighted by atomic mass is 35.5. The maximum absolute atomic E-state index is 12.9. The van der Waals surface area contributed by atoms with E-state index in [1.165, 1.54) is 6.07 Å². The number of hydrogen-bond donors (Lipinski definition) is 1. The average Bonchev–Trinajstić information content (AvgIpc) is 2.78. The minimum Gasteiger partial charge on any atom is -0.481 e. The number of hydrogen-bond acceptors (Lipinski definition) is 5. The second-order valence-corrected chi connectivity index (χ2v) is 8.67. The predicted octanol–water partition coefficient (Wildman–Crippen LogP) is 4.59. The maximum Gasteiger partial charge on any atom is 0.336 e. The lowest BCUT2D eigenvalue weighted by molar-refractivity contribution is -0.143. The first-order valence-corrected chi connectivity index (χ1v) is 11.2. The number of likely N-dealkylation sites (tertiary alicyclic amines) is 1. The second kappa shape index (κ2) is 9.67. The Morgan fingerprint density at radius 1 is 1.21 bits per heavy atom. The summed E-state index contributed by atoms with van der Waals surface area (Å²) in [5, 5.41) is 10.3. The smallest absolute Gasteiger partial charge is 0.336 e. The van der Waals surface area contributed by atoms with Crippen molar-refractivity contribution in [2.45, 2.75) is 32.3 Å². The van der Waals surface area contributed by atoms with Crippen molar-refractivity contribution in [3.05, 3.63) is 64.0 Å². The molecule has 0 aliphatic carbocycles. The van der Waals surface area contributed by atoms with E-state index in [1.807, 2.05) is 18.2 Å². The van der Waals surface area contributed by atoms with E-state index in [9.17, 15) is 14.4 Å². The summed E-state index contributed by atoms with van der Waals surface area (Å²) in [6.07, 6.45) is 0.839. The summed E-state index contributed by atoms with van der Waals surface area (Å²) in [6.45, 7) is 2.65. The van der Waals surface area contributed by atoms with E-state index in [2.05, 4.69) is 0 Å². The van der Waals surface area contributed by atoms with E-state index in [4.69, 9.17) is 25.9 Å². The lowest BCUT2D eigenvalue weighted by atomic mass is 9.94. The Labute approximate surface area is 195 Å². The standard InChI is InChI=1S/C25H24ClNO6/c1-15(25(31)27-10-4-5-16(14-27)11-23(28)29)32-17-8-9-19-20(13-24(30)33-22(19)12-17)18-6-2-3-7-21(18)26/h2-3,6-9,12-13,15-16H,4-5,10-11,14H2,1H3,(H,28,29)/t15?,16-/m0/s1. The first-order chi connectivity index (χ1) is 15.8. The molecule has 1 unspecified atom stereocenters. The zero-order valence-electron chi connectivity index (χ0n) is 18.1. The lowest BCUT2D eigenvalue weighted by Gasteiger charge is -2.33. The third kappa shape index (κ3) is 5.20. The second-order valence-electron chi connectivity index (χ2n) is 8.27. The lowest BCUT2D eigenvalue weighted by Crippen LogP contribution is -2.46. The molecule has 2 heterocycles. The van der Waals surface area contributed by atoms with Gasteiger partial charge in [-0.15, -0.1) is 0 Å². The van der Waals surface area contributed by atoms with Crippen LogP contribution in [0, 0.1) is 5.92 Å². The highest BCUT2D eigenvalue weighted by molar-refractivity contribution is 6.33. The van der Waals surface area contributed by atoms with Gasteiger partial charge in [0.25, 0.3) is 5.91 Å². The maximum atomic E-state index is 12.9. The highest BCUT2D eigenvalue weighted by Gasteiger charge is 2.29. The van der Waals surface area contributed by atoms with Crippen LogP contribution in [0.5, 0.6) is 5.75 Å². The van der Waals surface area contributed by atoms with Crippen LogP contribution in [-0.2, 0) is 9.59 Å². The van der Waals surface area contributed by atoms with Crippen LogP contribution >= 0.6 is 11.6 Å². The van der Waals surface area contributed by atoms with Crippen molar-refractivity contribution in [2.75, 3.05) is 13.1 Å². The number of carbonyl (C=O) groups excluding carboxylic acids is 1. The Morgan fingerprint density at radius 3 is 2.76 bits per heavy atom. The van der Waals surface area contributed by atoms with Gasteiger partial charge in [0.05, 0.1) is 0 Å². The molecule has 0 saturated carbocycles. The summed E-state index contributed by atoms with van der Waals surface area (Å²) in [6, 6.07) is 13.7. The minimum atomic E-state index is -0.854. The number of carboxylic acid groups (broad SMARTS) is 1. The van der Waals surface area contributed by atoms with Crippen LogP contribution in [0.2, 0.25) is 5.02 Å². The van der Waals surface area contributed by atoms with Gasteiger partial charge < -0.3 is 19.2 Å². The number of benzene rings is 2. The van der Waals surface area contributed by atoms with Crippen LogP contribution in [0.1, 0.15) is 26.2 Å². The minimum absolute atomic E-state index is 0.0504. The molecule has 33 heavy (non-hydrogen) atoms. The molecule has 8 heteroatoms. The molecule has 1 aliphatic heterocycles. The zero-order valence-corrected chi connectivity index (χ0v) is 18.9. The number of carboxylic acids is 1. The number of carbonyl (C=O) groups is 2. The summed E-state index contributed by atoms with van der Waals surface area (Å²) < 4.78 is 11.3. The molecule has 2 aromatic carbocycles.